The molecule has 0 atom stereocenters. The van der Waals surface area contributed by atoms with Crippen molar-refractivity contribution in [2.75, 3.05) is 18.4 Å². The highest BCUT2D eigenvalue weighted by Gasteiger charge is 2.26. The molecule has 1 amide bonds. The van der Waals surface area contributed by atoms with E-state index in [0.717, 1.165) is 11.5 Å². The van der Waals surface area contributed by atoms with Crippen molar-refractivity contribution in [1.29, 1.82) is 0 Å². The molecule has 1 heterocycles. The van der Waals surface area contributed by atoms with Gasteiger partial charge in [-0.2, -0.15) is 13.2 Å². The molecule has 0 saturated carbocycles. The van der Waals surface area contributed by atoms with Crippen LogP contribution in [0.4, 0.5) is 18.2 Å². The van der Waals surface area contributed by atoms with Crippen molar-refractivity contribution >= 4 is 22.4 Å². The van der Waals surface area contributed by atoms with Crippen molar-refractivity contribution in [2.24, 2.45) is 0 Å². The Balaban J connectivity index is 2.20. The zero-order chi connectivity index (χ0) is 11.3. The van der Waals surface area contributed by atoms with Crippen LogP contribution < -0.4 is 10.6 Å². The number of nitrogens with zero attached hydrogens (tertiary/aromatic N) is 2. The minimum Gasteiger partial charge on any atom is -0.314 e. The number of hydrogen-bond acceptors (Lipinski definition) is 5. The Morgan fingerprint density at radius 1 is 1.53 bits per heavy atom. The van der Waals surface area contributed by atoms with Gasteiger partial charge >= 0.3 is 6.18 Å². The molecule has 1 aromatic rings. The molecule has 9 heteroatoms. The Kier molecular flexibility index (Phi) is 3.97. The van der Waals surface area contributed by atoms with Crippen LogP contribution in [0.2, 0.25) is 0 Å². The van der Waals surface area contributed by atoms with Gasteiger partial charge in [-0.15, -0.1) is 5.10 Å². The number of nitrogens with one attached hydrogen (secondary N) is 2. The van der Waals surface area contributed by atoms with Gasteiger partial charge in [-0.1, -0.05) is 4.49 Å². The molecule has 0 aliphatic carbocycles. The highest BCUT2D eigenvalue weighted by molar-refractivity contribution is 7.10. The summed E-state index contributed by atoms with van der Waals surface area (Å²) < 4.78 is 38.5. The molecule has 0 saturated heterocycles. The van der Waals surface area contributed by atoms with Crippen LogP contribution in [0.1, 0.15) is 0 Å². The van der Waals surface area contributed by atoms with Gasteiger partial charge in [0.15, 0.2) is 0 Å². The predicted octanol–water partition coefficient (Wildman–Crippen LogP) is 0.629. The molecule has 0 bridgehead atoms. The molecule has 1 rings (SSSR count). The number of amides is 1. The first-order chi connectivity index (χ1) is 6.97. The quantitative estimate of drug-likeness (QED) is 0.810. The van der Waals surface area contributed by atoms with Crippen LogP contribution in [0.15, 0.2) is 6.20 Å². The molecule has 84 valence electrons. The average Bonchev–Trinajstić information content (AvgIpc) is 2.54. The van der Waals surface area contributed by atoms with Crippen LogP contribution >= 0.6 is 11.5 Å². The van der Waals surface area contributed by atoms with Crippen LogP contribution in [0, 0.1) is 0 Å². The summed E-state index contributed by atoms with van der Waals surface area (Å²) in [6, 6.07) is 0. The zero-order valence-corrected chi connectivity index (χ0v) is 8.15. The van der Waals surface area contributed by atoms with E-state index in [0.29, 0.717) is 5.00 Å². The van der Waals surface area contributed by atoms with Crippen LogP contribution in [-0.4, -0.2) is 34.8 Å². The lowest BCUT2D eigenvalue weighted by Gasteiger charge is -2.07. The minimum absolute atomic E-state index is 0.397. The van der Waals surface area contributed by atoms with E-state index in [1.807, 2.05) is 5.32 Å². The van der Waals surface area contributed by atoms with Crippen molar-refractivity contribution in [3.63, 3.8) is 0 Å². The van der Waals surface area contributed by atoms with Gasteiger partial charge in [0.2, 0.25) is 5.91 Å². The van der Waals surface area contributed by atoms with E-state index in [9.17, 15) is 18.0 Å². The molecular weight excluding hydrogens is 233 g/mol. The molecule has 0 aliphatic rings. The normalized spacial score (nSPS) is 11.4. The lowest BCUT2D eigenvalue weighted by atomic mass is 10.5. The van der Waals surface area contributed by atoms with Gasteiger partial charge in [0, 0.05) is 11.5 Å². The molecule has 5 nitrogen and oxygen atoms in total. The maximum atomic E-state index is 11.7. The van der Waals surface area contributed by atoms with Crippen LogP contribution in [0.5, 0.6) is 0 Å². The second-order valence-electron chi connectivity index (χ2n) is 2.55. The number of alkyl halides is 3. The van der Waals surface area contributed by atoms with E-state index in [4.69, 9.17) is 0 Å². The van der Waals surface area contributed by atoms with Gasteiger partial charge in [0.25, 0.3) is 0 Å². The number of carbonyl (C=O) groups is 1. The lowest BCUT2D eigenvalue weighted by Crippen LogP contribution is -2.35. The smallest absolute Gasteiger partial charge is 0.314 e. The second kappa shape index (κ2) is 5.03. The molecule has 0 radical (unpaired) electrons. The number of hydrogen-bond donors (Lipinski definition) is 2. The summed E-state index contributed by atoms with van der Waals surface area (Å²) in [5.74, 6) is -0.565. The molecule has 15 heavy (non-hydrogen) atoms. The highest BCUT2D eigenvalue weighted by atomic mass is 32.1. The van der Waals surface area contributed by atoms with E-state index in [1.165, 1.54) is 6.20 Å². The summed E-state index contributed by atoms with van der Waals surface area (Å²) in [4.78, 5) is 11.0. The summed E-state index contributed by atoms with van der Waals surface area (Å²) in [6.07, 6.45) is -3.00. The fourth-order valence-corrected chi connectivity index (χ4v) is 1.16. The Morgan fingerprint density at radius 2 is 2.27 bits per heavy atom. The van der Waals surface area contributed by atoms with E-state index in [2.05, 4.69) is 14.9 Å². The van der Waals surface area contributed by atoms with Crippen molar-refractivity contribution in [1.82, 2.24) is 14.9 Å². The Morgan fingerprint density at radius 3 is 2.80 bits per heavy atom. The van der Waals surface area contributed by atoms with Gasteiger partial charge in [-0.05, 0) is 0 Å². The monoisotopic (exact) mass is 240 g/mol. The molecular formula is C6H7F3N4OS. The summed E-state index contributed by atoms with van der Waals surface area (Å²) in [5.41, 5.74) is 0. The van der Waals surface area contributed by atoms with E-state index in [-0.39, 0.29) is 0 Å². The molecule has 2 N–H and O–H groups in total. The number of aromatic nitrogens is 2. The van der Waals surface area contributed by atoms with Crippen molar-refractivity contribution < 1.29 is 18.0 Å². The van der Waals surface area contributed by atoms with Gasteiger partial charge in [0.1, 0.15) is 5.00 Å². The number of carbonyl (C=O) groups excluding carboxylic acids is 1. The van der Waals surface area contributed by atoms with Gasteiger partial charge in [0.05, 0.1) is 19.3 Å². The standard InChI is InChI=1S/C6H7F3N4OS/c7-6(8,9)3-10-1-4(14)12-5-2-11-13-15-5/h2,10H,1,3H2,(H,12,14). The van der Waals surface area contributed by atoms with Gasteiger partial charge in [-0.3, -0.25) is 4.79 Å². The van der Waals surface area contributed by atoms with E-state index in [1.54, 1.807) is 0 Å². The topological polar surface area (TPSA) is 66.9 Å². The van der Waals surface area contributed by atoms with Crippen molar-refractivity contribution in [3.05, 3.63) is 6.20 Å². The summed E-state index contributed by atoms with van der Waals surface area (Å²) in [7, 11) is 0. The van der Waals surface area contributed by atoms with Crippen LogP contribution in [0.25, 0.3) is 0 Å². The van der Waals surface area contributed by atoms with Crippen molar-refractivity contribution in [2.45, 2.75) is 6.18 Å². The highest BCUT2D eigenvalue weighted by Crippen LogP contribution is 2.12. The Labute approximate surface area is 86.8 Å². The van der Waals surface area contributed by atoms with Crippen LogP contribution in [-0.2, 0) is 4.79 Å². The first-order valence-corrected chi connectivity index (χ1v) is 4.59. The van der Waals surface area contributed by atoms with Crippen molar-refractivity contribution in [3.8, 4) is 0 Å². The largest absolute Gasteiger partial charge is 0.401 e. The van der Waals surface area contributed by atoms with Crippen LogP contribution in [0.3, 0.4) is 0 Å². The molecule has 0 fully saturated rings. The number of rotatable bonds is 4. The van der Waals surface area contributed by atoms with E-state index >= 15 is 0 Å². The van der Waals surface area contributed by atoms with Gasteiger partial charge in [-0.25, -0.2) is 0 Å². The average molecular weight is 240 g/mol. The van der Waals surface area contributed by atoms with Gasteiger partial charge < -0.3 is 10.6 Å². The third-order valence-corrected chi connectivity index (χ3v) is 1.82. The molecule has 0 spiro atoms. The first kappa shape index (κ1) is 11.9. The second-order valence-corrected chi connectivity index (χ2v) is 3.33. The molecule has 0 aliphatic heterocycles. The molecule has 1 aromatic heterocycles. The minimum atomic E-state index is -4.31. The number of anilines is 1. The molecule has 0 aromatic carbocycles. The third-order valence-electron chi connectivity index (χ3n) is 1.23. The number of halogens is 3. The predicted molar refractivity (Wildman–Crippen MR) is 47.5 cm³/mol. The Hall–Kier alpha value is -1.22. The maximum Gasteiger partial charge on any atom is 0.401 e. The Bertz CT molecular complexity index is 313. The third kappa shape index (κ3) is 5.27. The fourth-order valence-electron chi connectivity index (χ4n) is 0.722. The zero-order valence-electron chi connectivity index (χ0n) is 7.34. The molecule has 0 unspecified atom stereocenters. The first-order valence-electron chi connectivity index (χ1n) is 3.82. The van der Waals surface area contributed by atoms with E-state index < -0.39 is 25.2 Å². The summed E-state index contributed by atoms with van der Waals surface area (Å²) in [6.45, 7) is -1.60. The lowest BCUT2D eigenvalue weighted by molar-refractivity contribution is -0.126. The maximum absolute atomic E-state index is 11.7. The fraction of sp³-hybridized carbons (Fsp3) is 0.500. The summed E-state index contributed by atoms with van der Waals surface area (Å²) in [5, 5.41) is 8.14. The SMILES string of the molecule is O=C(CNCC(F)(F)F)Nc1cnns1. The summed E-state index contributed by atoms with van der Waals surface area (Å²) >= 11 is 0.947.